The standard InChI is InChI=1S/C19H28N4O2/c1-20(2)16-7-5-6-15(10-16)18(24)23-12-14-8-9-17(23)13-22(11-14)19(25)21(3)4/h5-7,10,14,17H,8-9,11-13H2,1-4H3/t14-,17+/m0/s1. The van der Waals surface area contributed by atoms with Crippen molar-refractivity contribution in [2.75, 3.05) is 52.7 Å². The Hall–Kier alpha value is -2.24. The Balaban J connectivity index is 1.80. The Morgan fingerprint density at radius 1 is 1.04 bits per heavy atom. The van der Waals surface area contributed by atoms with Crippen LogP contribution in [0.25, 0.3) is 0 Å². The zero-order chi connectivity index (χ0) is 18.1. The van der Waals surface area contributed by atoms with Gasteiger partial charge in [-0.25, -0.2) is 4.79 Å². The number of amides is 3. The summed E-state index contributed by atoms with van der Waals surface area (Å²) in [6.07, 6.45) is 2.06. The normalized spacial score (nSPS) is 22.6. The van der Waals surface area contributed by atoms with E-state index in [0.717, 1.165) is 37.2 Å². The van der Waals surface area contributed by atoms with Crippen molar-refractivity contribution in [2.24, 2.45) is 5.92 Å². The fourth-order valence-corrected chi connectivity index (χ4v) is 3.85. The van der Waals surface area contributed by atoms with Gasteiger partial charge in [-0.3, -0.25) is 4.79 Å². The van der Waals surface area contributed by atoms with Crippen molar-refractivity contribution in [2.45, 2.75) is 18.9 Å². The van der Waals surface area contributed by atoms with Gasteiger partial charge in [0.25, 0.3) is 5.91 Å². The number of anilines is 1. The van der Waals surface area contributed by atoms with Gasteiger partial charge < -0.3 is 19.6 Å². The van der Waals surface area contributed by atoms with Gasteiger partial charge in [-0.1, -0.05) is 6.07 Å². The third-order valence-electron chi connectivity index (χ3n) is 5.24. The number of carbonyl (C=O) groups is 2. The van der Waals surface area contributed by atoms with Crippen molar-refractivity contribution < 1.29 is 9.59 Å². The lowest BCUT2D eigenvalue weighted by molar-refractivity contribution is 0.0586. The molecule has 0 unspecified atom stereocenters. The molecule has 0 radical (unpaired) electrons. The molecule has 6 heteroatoms. The monoisotopic (exact) mass is 344 g/mol. The summed E-state index contributed by atoms with van der Waals surface area (Å²) in [6, 6.07) is 7.92. The van der Waals surface area contributed by atoms with Crippen molar-refractivity contribution in [3.8, 4) is 0 Å². The maximum Gasteiger partial charge on any atom is 0.319 e. The number of piperidine rings is 1. The highest BCUT2D eigenvalue weighted by Crippen LogP contribution is 2.30. The van der Waals surface area contributed by atoms with Gasteiger partial charge in [-0.05, 0) is 37.0 Å². The van der Waals surface area contributed by atoms with Crippen LogP contribution in [0.4, 0.5) is 10.5 Å². The zero-order valence-corrected chi connectivity index (χ0v) is 15.6. The lowest BCUT2D eigenvalue weighted by Gasteiger charge is -2.36. The first-order valence-electron chi connectivity index (χ1n) is 8.91. The fraction of sp³-hybridized carbons (Fsp3) is 0.579. The second-order valence-electron chi connectivity index (χ2n) is 7.58. The molecule has 4 rings (SSSR count). The van der Waals surface area contributed by atoms with E-state index >= 15 is 0 Å². The van der Waals surface area contributed by atoms with Crippen LogP contribution < -0.4 is 4.90 Å². The van der Waals surface area contributed by atoms with Crippen molar-refractivity contribution in [3.05, 3.63) is 29.8 Å². The molecule has 2 bridgehead atoms. The van der Waals surface area contributed by atoms with Gasteiger partial charge in [-0.15, -0.1) is 0 Å². The smallest absolute Gasteiger partial charge is 0.319 e. The molecule has 1 aromatic carbocycles. The number of carbonyl (C=O) groups excluding carboxylic acids is 2. The molecule has 1 aromatic rings. The van der Waals surface area contributed by atoms with Gasteiger partial charge in [0, 0.05) is 65.1 Å². The van der Waals surface area contributed by atoms with E-state index in [2.05, 4.69) is 0 Å². The maximum atomic E-state index is 13.1. The Morgan fingerprint density at radius 3 is 2.48 bits per heavy atom. The summed E-state index contributed by atoms with van der Waals surface area (Å²) in [6.45, 7) is 2.12. The number of fused-ring (bicyclic) bond motifs is 4. The second-order valence-corrected chi connectivity index (χ2v) is 7.58. The van der Waals surface area contributed by atoms with Crippen LogP contribution in [0.1, 0.15) is 23.2 Å². The first-order chi connectivity index (χ1) is 11.9. The van der Waals surface area contributed by atoms with E-state index in [1.807, 2.05) is 53.1 Å². The van der Waals surface area contributed by atoms with Crippen molar-refractivity contribution >= 4 is 17.6 Å². The topological polar surface area (TPSA) is 47.1 Å². The summed E-state index contributed by atoms with van der Waals surface area (Å²) >= 11 is 0. The summed E-state index contributed by atoms with van der Waals surface area (Å²) < 4.78 is 0. The van der Waals surface area contributed by atoms with E-state index < -0.39 is 0 Å². The minimum Gasteiger partial charge on any atom is -0.378 e. The van der Waals surface area contributed by atoms with Crippen LogP contribution in [-0.4, -0.2) is 80.5 Å². The average molecular weight is 344 g/mol. The quantitative estimate of drug-likeness (QED) is 0.824. The van der Waals surface area contributed by atoms with Gasteiger partial charge in [0.15, 0.2) is 0 Å². The molecule has 0 aliphatic carbocycles. The first kappa shape index (κ1) is 17.6. The molecule has 3 amide bonds. The number of rotatable bonds is 2. The lowest BCUT2D eigenvalue weighted by Crippen LogP contribution is -2.48. The summed E-state index contributed by atoms with van der Waals surface area (Å²) in [5.74, 6) is 0.446. The number of urea groups is 1. The SMILES string of the molecule is CN(C)C(=O)N1C[C@@H]2CC[C@H](C1)N(C(=O)c1cccc(N(C)C)c1)C2. The van der Waals surface area contributed by atoms with E-state index in [9.17, 15) is 9.59 Å². The summed E-state index contributed by atoms with van der Waals surface area (Å²) in [5.41, 5.74) is 1.75. The molecule has 136 valence electrons. The van der Waals surface area contributed by atoms with Crippen LogP contribution in [0.5, 0.6) is 0 Å². The van der Waals surface area contributed by atoms with Crippen LogP contribution in [0, 0.1) is 5.92 Å². The zero-order valence-electron chi connectivity index (χ0n) is 15.6. The average Bonchev–Trinajstić information content (AvgIpc) is 2.92. The Morgan fingerprint density at radius 2 is 1.80 bits per heavy atom. The van der Waals surface area contributed by atoms with E-state index in [1.54, 1.807) is 19.0 Å². The highest BCUT2D eigenvalue weighted by atomic mass is 16.2. The molecule has 3 fully saturated rings. The van der Waals surface area contributed by atoms with E-state index in [0.29, 0.717) is 12.5 Å². The minimum atomic E-state index is 0.0424. The summed E-state index contributed by atoms with van der Waals surface area (Å²) in [7, 11) is 7.51. The van der Waals surface area contributed by atoms with Gasteiger partial charge in [0.2, 0.25) is 0 Å². The molecule has 0 aromatic heterocycles. The van der Waals surface area contributed by atoms with Gasteiger partial charge in [-0.2, -0.15) is 0 Å². The summed E-state index contributed by atoms with van der Waals surface area (Å²) in [5, 5.41) is 0. The number of nitrogens with zero attached hydrogens (tertiary/aromatic N) is 4. The molecule has 3 aliphatic rings. The van der Waals surface area contributed by atoms with E-state index in [4.69, 9.17) is 0 Å². The predicted molar refractivity (Wildman–Crippen MR) is 99.0 cm³/mol. The molecule has 3 aliphatic heterocycles. The minimum absolute atomic E-state index is 0.0424. The van der Waals surface area contributed by atoms with E-state index in [1.165, 1.54) is 0 Å². The fourth-order valence-electron chi connectivity index (χ4n) is 3.85. The molecule has 6 nitrogen and oxygen atoms in total. The Bertz CT molecular complexity index is 659. The molecule has 0 saturated carbocycles. The molecule has 0 spiro atoms. The van der Waals surface area contributed by atoms with Crippen LogP contribution in [0.3, 0.4) is 0 Å². The number of benzene rings is 1. The predicted octanol–water partition coefficient (Wildman–Crippen LogP) is 1.97. The van der Waals surface area contributed by atoms with Gasteiger partial charge >= 0.3 is 6.03 Å². The third-order valence-corrected chi connectivity index (χ3v) is 5.24. The lowest BCUT2D eigenvalue weighted by atomic mass is 9.94. The maximum absolute atomic E-state index is 13.1. The molecule has 25 heavy (non-hydrogen) atoms. The largest absolute Gasteiger partial charge is 0.378 e. The molecule has 3 saturated heterocycles. The molecule has 3 heterocycles. The number of hydrogen-bond acceptors (Lipinski definition) is 3. The van der Waals surface area contributed by atoms with Crippen molar-refractivity contribution in [1.29, 1.82) is 0 Å². The number of hydrogen-bond donors (Lipinski definition) is 0. The van der Waals surface area contributed by atoms with Gasteiger partial charge in [0.1, 0.15) is 0 Å². The molecule has 0 N–H and O–H groups in total. The second kappa shape index (κ2) is 6.94. The molecular formula is C19H28N4O2. The Kier molecular flexibility index (Phi) is 4.88. The summed E-state index contributed by atoms with van der Waals surface area (Å²) in [4.78, 5) is 33.0. The highest BCUT2D eigenvalue weighted by Gasteiger charge is 2.39. The molecular weight excluding hydrogens is 316 g/mol. The van der Waals surface area contributed by atoms with Crippen LogP contribution in [0.15, 0.2) is 24.3 Å². The first-order valence-corrected chi connectivity index (χ1v) is 8.91. The van der Waals surface area contributed by atoms with Gasteiger partial charge in [0.05, 0.1) is 0 Å². The highest BCUT2D eigenvalue weighted by molar-refractivity contribution is 5.95. The third kappa shape index (κ3) is 3.57. The van der Waals surface area contributed by atoms with Crippen LogP contribution in [0.2, 0.25) is 0 Å². The van der Waals surface area contributed by atoms with Crippen molar-refractivity contribution in [3.63, 3.8) is 0 Å². The van der Waals surface area contributed by atoms with Crippen LogP contribution in [-0.2, 0) is 0 Å². The van der Waals surface area contributed by atoms with Crippen LogP contribution >= 0.6 is 0 Å². The molecule has 2 atom stereocenters. The Labute approximate surface area is 150 Å². The van der Waals surface area contributed by atoms with E-state index in [-0.39, 0.29) is 18.0 Å². The van der Waals surface area contributed by atoms with Crippen molar-refractivity contribution in [1.82, 2.24) is 14.7 Å².